The molecule has 2 aromatic rings. The van der Waals surface area contributed by atoms with Crippen molar-refractivity contribution in [1.82, 2.24) is 15.3 Å². The van der Waals surface area contributed by atoms with Crippen LogP contribution >= 0.6 is 11.8 Å². The Morgan fingerprint density at radius 1 is 1.33 bits per heavy atom. The molecule has 0 aliphatic carbocycles. The summed E-state index contributed by atoms with van der Waals surface area (Å²) in [5.74, 6) is 2.01. The third-order valence-corrected chi connectivity index (χ3v) is 5.57. The number of allylic oxidation sites excluding steroid dienone is 1. The van der Waals surface area contributed by atoms with Crippen molar-refractivity contribution in [2.45, 2.75) is 32.1 Å². The summed E-state index contributed by atoms with van der Waals surface area (Å²) in [5, 5.41) is 21.8. The first kappa shape index (κ1) is 24.5. The van der Waals surface area contributed by atoms with E-state index < -0.39 is 6.03 Å². The molecule has 1 aromatic heterocycles. The first-order valence-electron chi connectivity index (χ1n) is 10.5. The van der Waals surface area contributed by atoms with Gasteiger partial charge in [0.05, 0.1) is 30.2 Å². The molecule has 1 saturated heterocycles. The fourth-order valence-corrected chi connectivity index (χ4v) is 3.93. The van der Waals surface area contributed by atoms with Crippen molar-refractivity contribution in [2.24, 2.45) is 0 Å². The van der Waals surface area contributed by atoms with Crippen molar-refractivity contribution in [3.63, 3.8) is 0 Å². The minimum absolute atomic E-state index is 0.0619. The van der Waals surface area contributed by atoms with E-state index in [-0.39, 0.29) is 17.1 Å². The standard InChI is InChI=1S/C23H30N6O3S/c1-15(30)11-19(24)27-22(31)26-17-7-5-16(6-8-17)21-25-18(13-33-4)12-20(28-21)29-9-10-32-14-23(29,2)3/h5-8,11-12,30H,9-10,13-14H2,1-4H3,(H3,24,26,27,31)/b15-11-. The van der Waals surface area contributed by atoms with Crippen molar-refractivity contribution < 1.29 is 14.6 Å². The number of aliphatic hydroxyl groups excluding tert-OH is 1. The van der Waals surface area contributed by atoms with Crippen LogP contribution in [0.2, 0.25) is 0 Å². The Hall–Kier alpha value is -3.11. The number of morpholine rings is 1. The number of carbonyl (C=O) groups is 1. The molecule has 3 rings (SSSR count). The normalized spacial score (nSPS) is 15.8. The predicted octanol–water partition coefficient (Wildman–Crippen LogP) is 4.18. The number of nitrogens with zero attached hydrogens (tertiary/aromatic N) is 3. The lowest BCUT2D eigenvalue weighted by atomic mass is 10.0. The van der Waals surface area contributed by atoms with Gasteiger partial charge in [0, 0.05) is 35.7 Å². The molecule has 9 nitrogen and oxygen atoms in total. The summed E-state index contributed by atoms with van der Waals surface area (Å²) in [7, 11) is 0. The van der Waals surface area contributed by atoms with Crippen LogP contribution in [0.15, 0.2) is 42.2 Å². The van der Waals surface area contributed by atoms with Crippen molar-refractivity contribution in [3.05, 3.63) is 47.9 Å². The highest BCUT2D eigenvalue weighted by Gasteiger charge is 2.32. The van der Waals surface area contributed by atoms with Gasteiger partial charge in [0.2, 0.25) is 0 Å². The average Bonchev–Trinajstić information content (AvgIpc) is 2.73. The second-order valence-electron chi connectivity index (χ2n) is 8.35. The second kappa shape index (κ2) is 10.7. The van der Waals surface area contributed by atoms with Gasteiger partial charge in [-0.1, -0.05) is 0 Å². The van der Waals surface area contributed by atoms with Gasteiger partial charge >= 0.3 is 6.03 Å². The van der Waals surface area contributed by atoms with Crippen molar-refractivity contribution in [2.75, 3.05) is 36.2 Å². The molecule has 33 heavy (non-hydrogen) atoms. The van der Waals surface area contributed by atoms with E-state index in [0.29, 0.717) is 24.7 Å². The monoisotopic (exact) mass is 470 g/mol. The number of thioether (sulfide) groups is 1. The number of carbonyl (C=O) groups excluding carboxylic acids is 1. The van der Waals surface area contributed by atoms with Gasteiger partial charge in [0.25, 0.3) is 0 Å². The van der Waals surface area contributed by atoms with Crippen LogP contribution < -0.4 is 15.5 Å². The van der Waals surface area contributed by atoms with Crippen LogP contribution in [0.3, 0.4) is 0 Å². The number of aromatic nitrogens is 2. The number of aliphatic hydroxyl groups is 1. The van der Waals surface area contributed by atoms with Crippen LogP contribution in [-0.2, 0) is 10.5 Å². The number of amidine groups is 1. The summed E-state index contributed by atoms with van der Waals surface area (Å²) in [6.07, 6.45) is 3.19. The summed E-state index contributed by atoms with van der Waals surface area (Å²) in [4.78, 5) is 23.9. The number of hydrogen-bond donors (Lipinski definition) is 4. The van der Waals surface area contributed by atoms with Gasteiger partial charge in [-0.15, -0.1) is 0 Å². The number of hydrogen-bond acceptors (Lipinski definition) is 8. The molecule has 0 unspecified atom stereocenters. The van der Waals surface area contributed by atoms with Crippen LogP contribution in [0.4, 0.5) is 16.3 Å². The number of anilines is 2. The molecule has 2 heterocycles. The summed E-state index contributed by atoms with van der Waals surface area (Å²) >= 11 is 1.71. The molecule has 1 aliphatic rings. The number of ether oxygens (including phenoxy) is 1. The minimum atomic E-state index is -0.569. The smallest absolute Gasteiger partial charge is 0.324 e. The lowest BCUT2D eigenvalue weighted by Crippen LogP contribution is -2.53. The van der Waals surface area contributed by atoms with Gasteiger partial charge in [-0.3, -0.25) is 10.7 Å². The molecule has 1 aliphatic heterocycles. The van der Waals surface area contributed by atoms with E-state index in [4.69, 9.17) is 20.1 Å². The Kier molecular flexibility index (Phi) is 7.93. The zero-order valence-electron chi connectivity index (χ0n) is 19.3. The van der Waals surface area contributed by atoms with Crippen molar-refractivity contribution >= 4 is 35.1 Å². The Bertz CT molecular complexity index is 1030. The first-order valence-corrected chi connectivity index (χ1v) is 11.9. The maximum atomic E-state index is 12.0. The highest BCUT2D eigenvalue weighted by atomic mass is 32.2. The van der Waals surface area contributed by atoms with Crippen molar-refractivity contribution in [3.8, 4) is 11.4 Å². The lowest BCUT2D eigenvalue weighted by Gasteiger charge is -2.43. The van der Waals surface area contributed by atoms with E-state index in [1.807, 2.05) is 24.5 Å². The first-order chi connectivity index (χ1) is 15.7. The Morgan fingerprint density at radius 3 is 2.70 bits per heavy atom. The molecular formula is C23H30N6O3S. The summed E-state index contributed by atoms with van der Waals surface area (Å²) in [6.45, 7) is 7.77. The third kappa shape index (κ3) is 6.69. The summed E-state index contributed by atoms with van der Waals surface area (Å²) in [5.41, 5.74) is 2.18. The molecule has 1 fully saturated rings. The molecule has 0 atom stereocenters. The topological polar surface area (TPSA) is 123 Å². The SMILES string of the molecule is CSCc1cc(N2CCOCC2(C)C)nc(-c2ccc(NC(=O)NC(=N)/C=C(/C)O)cc2)n1. The number of rotatable bonds is 6. The van der Waals surface area contributed by atoms with Crippen LogP contribution in [0.5, 0.6) is 0 Å². The molecule has 10 heteroatoms. The maximum absolute atomic E-state index is 12.0. The number of urea groups is 1. The van der Waals surface area contributed by atoms with E-state index in [1.54, 1.807) is 23.9 Å². The molecule has 176 valence electrons. The predicted molar refractivity (Wildman–Crippen MR) is 133 cm³/mol. The van der Waals surface area contributed by atoms with Gasteiger partial charge in [0.1, 0.15) is 11.7 Å². The molecular weight excluding hydrogens is 440 g/mol. The van der Waals surface area contributed by atoms with Crippen molar-refractivity contribution in [1.29, 1.82) is 5.41 Å². The summed E-state index contributed by atoms with van der Waals surface area (Å²) in [6, 6.07) is 8.70. The third-order valence-electron chi connectivity index (χ3n) is 4.98. The largest absolute Gasteiger partial charge is 0.512 e. The maximum Gasteiger partial charge on any atom is 0.324 e. The zero-order chi connectivity index (χ0) is 24.0. The Balaban J connectivity index is 1.81. The van der Waals surface area contributed by atoms with Gasteiger partial charge < -0.3 is 20.1 Å². The van der Waals surface area contributed by atoms with Gasteiger partial charge in [-0.05, 0) is 51.3 Å². The fourth-order valence-electron chi connectivity index (χ4n) is 3.49. The fraction of sp³-hybridized carbons (Fsp3) is 0.391. The van der Waals surface area contributed by atoms with E-state index in [1.165, 1.54) is 6.92 Å². The van der Waals surface area contributed by atoms with E-state index in [2.05, 4.69) is 29.4 Å². The minimum Gasteiger partial charge on any atom is -0.512 e. The van der Waals surface area contributed by atoms with E-state index >= 15 is 0 Å². The van der Waals surface area contributed by atoms with Crippen LogP contribution in [0, 0.1) is 5.41 Å². The second-order valence-corrected chi connectivity index (χ2v) is 9.21. The molecule has 0 saturated carbocycles. The molecule has 1 aromatic carbocycles. The average molecular weight is 471 g/mol. The van der Waals surface area contributed by atoms with Crippen LogP contribution in [-0.4, -0.2) is 58.5 Å². The number of benzene rings is 1. The molecule has 0 spiro atoms. The van der Waals surface area contributed by atoms with Gasteiger partial charge in [-0.2, -0.15) is 11.8 Å². The number of nitrogens with one attached hydrogen (secondary N) is 3. The molecule has 4 N–H and O–H groups in total. The van der Waals surface area contributed by atoms with Gasteiger partial charge in [0.15, 0.2) is 5.82 Å². The zero-order valence-corrected chi connectivity index (χ0v) is 20.1. The molecule has 0 bridgehead atoms. The Morgan fingerprint density at radius 2 is 2.06 bits per heavy atom. The molecule has 0 radical (unpaired) electrons. The molecule has 2 amide bonds. The number of amides is 2. The van der Waals surface area contributed by atoms with E-state index in [9.17, 15) is 9.90 Å². The van der Waals surface area contributed by atoms with E-state index in [0.717, 1.165) is 35.4 Å². The summed E-state index contributed by atoms with van der Waals surface area (Å²) < 4.78 is 5.66. The van der Waals surface area contributed by atoms with Crippen LogP contribution in [0.25, 0.3) is 11.4 Å². The van der Waals surface area contributed by atoms with Gasteiger partial charge in [-0.25, -0.2) is 14.8 Å². The Labute approximate surface area is 198 Å². The highest BCUT2D eigenvalue weighted by Crippen LogP contribution is 2.29. The van der Waals surface area contributed by atoms with Crippen LogP contribution in [0.1, 0.15) is 26.5 Å². The quantitative estimate of drug-likeness (QED) is 0.284. The highest BCUT2D eigenvalue weighted by molar-refractivity contribution is 7.97. The lowest BCUT2D eigenvalue weighted by molar-refractivity contribution is 0.0639.